The Bertz CT molecular complexity index is 1270. The molecule has 0 unspecified atom stereocenters. The minimum atomic E-state index is -0.174. The van der Waals surface area contributed by atoms with Gasteiger partial charge in [0, 0.05) is 23.1 Å². The summed E-state index contributed by atoms with van der Waals surface area (Å²) in [5, 5.41) is 15.3. The molecule has 0 aliphatic rings. The predicted octanol–water partition coefficient (Wildman–Crippen LogP) is 5.73. The van der Waals surface area contributed by atoms with Gasteiger partial charge in [0.2, 0.25) is 0 Å². The summed E-state index contributed by atoms with van der Waals surface area (Å²) < 4.78 is 16.0. The number of aryl methyl sites for hydroxylation is 2. The van der Waals surface area contributed by atoms with E-state index in [1.165, 1.54) is 5.56 Å². The highest BCUT2D eigenvalue weighted by Crippen LogP contribution is 2.32. The number of nitrogens with one attached hydrogen (secondary N) is 2. The number of nitrogens with zero attached hydrogens (tertiary/aromatic N) is 2. The monoisotopic (exact) mass is 498 g/mol. The topological polar surface area (TPSA) is 102 Å². The second-order valence-electron chi connectivity index (χ2n) is 8.33. The zero-order chi connectivity index (χ0) is 25.4. The molecule has 35 heavy (non-hydrogen) atoms. The molecule has 2 aromatic heterocycles. The average molecular weight is 499 g/mol. The number of H-pyrrole nitrogens is 1. The number of rotatable bonds is 8. The van der Waals surface area contributed by atoms with Crippen LogP contribution in [-0.4, -0.2) is 41.0 Å². The van der Waals surface area contributed by atoms with Gasteiger partial charge in [0.25, 0.3) is 5.91 Å². The van der Waals surface area contributed by atoms with Crippen LogP contribution in [-0.2, 0) is 11.2 Å². The average Bonchev–Trinajstić information content (AvgIpc) is 3.49. The van der Waals surface area contributed by atoms with Gasteiger partial charge in [-0.1, -0.05) is 36.2 Å². The van der Waals surface area contributed by atoms with E-state index in [0.717, 1.165) is 40.0 Å². The molecule has 2 N–H and O–H groups in total. The maximum Gasteiger partial charge on any atom is 0.258 e. The van der Waals surface area contributed by atoms with Crippen molar-refractivity contribution < 1.29 is 18.8 Å². The van der Waals surface area contributed by atoms with E-state index in [1.54, 1.807) is 25.4 Å². The highest BCUT2D eigenvalue weighted by molar-refractivity contribution is 6.36. The van der Waals surface area contributed by atoms with Gasteiger partial charge in [0.1, 0.15) is 0 Å². The Morgan fingerprint density at radius 2 is 2.00 bits per heavy atom. The van der Waals surface area contributed by atoms with Gasteiger partial charge in [-0.25, -0.2) is 0 Å². The van der Waals surface area contributed by atoms with E-state index >= 15 is 0 Å². The van der Waals surface area contributed by atoms with Gasteiger partial charge in [-0.05, 0) is 57.0 Å². The van der Waals surface area contributed by atoms with Crippen LogP contribution in [0.3, 0.4) is 0 Å². The first-order chi connectivity index (χ1) is 16.8. The zero-order valence-electron chi connectivity index (χ0n) is 20.6. The summed E-state index contributed by atoms with van der Waals surface area (Å²) in [6, 6.07) is 11.4. The van der Waals surface area contributed by atoms with Gasteiger partial charge in [0.05, 0.1) is 29.5 Å². The number of carbonyl (C=O) groups excluding carboxylic acids is 1. The molecule has 2 aromatic carbocycles. The Labute approximate surface area is 209 Å². The smallest absolute Gasteiger partial charge is 0.258 e. The first-order valence-electron chi connectivity index (χ1n) is 11.5. The lowest BCUT2D eigenvalue weighted by molar-refractivity contribution is -0.123. The Balaban J connectivity index is 0.000000223. The van der Waals surface area contributed by atoms with E-state index in [1.807, 2.05) is 39.0 Å². The Kier molecular flexibility index (Phi) is 9.14. The minimum Gasteiger partial charge on any atom is -0.493 e. The number of fused-ring (bicyclic) bond motifs is 1. The standard InChI is InChI=1S/C16H20N2O4.C10H11ClN2/c1-10(2)17-16(19)9-21-13-6-5-12(8-15(13)20-4)14-7-11(3)18-22-14;1-2-3-7-4-5-9-8(10(7)11)6-12-13-9/h5-8,10H,9H2,1-4H3,(H,17,19);4-6H,2-3H2,1H3,(H,12,13). The summed E-state index contributed by atoms with van der Waals surface area (Å²) in [5.74, 6) is 1.51. The van der Waals surface area contributed by atoms with E-state index < -0.39 is 0 Å². The van der Waals surface area contributed by atoms with Crippen molar-refractivity contribution in [1.82, 2.24) is 20.7 Å². The molecule has 0 aliphatic heterocycles. The van der Waals surface area contributed by atoms with Crippen LogP contribution in [0.15, 0.2) is 47.1 Å². The van der Waals surface area contributed by atoms with Crippen LogP contribution in [0.25, 0.3) is 22.2 Å². The highest BCUT2D eigenvalue weighted by atomic mass is 35.5. The fraction of sp³-hybridized carbons (Fsp3) is 0.346. The molecule has 2 heterocycles. The third kappa shape index (κ3) is 6.99. The SMILES string of the molecule is CCCc1ccc2[nH]ncc2c1Cl.COc1cc(-c2cc(C)no2)ccc1OCC(=O)NC(C)C. The maximum atomic E-state index is 11.6. The molecule has 0 bridgehead atoms. The fourth-order valence-electron chi connectivity index (χ4n) is 3.44. The minimum absolute atomic E-state index is 0.0602. The van der Waals surface area contributed by atoms with Gasteiger partial charge in [-0.3, -0.25) is 9.89 Å². The summed E-state index contributed by atoms with van der Waals surface area (Å²) in [7, 11) is 1.55. The maximum absolute atomic E-state index is 11.6. The highest BCUT2D eigenvalue weighted by Gasteiger charge is 2.12. The molecular weight excluding hydrogens is 468 g/mol. The number of amides is 1. The summed E-state index contributed by atoms with van der Waals surface area (Å²) >= 11 is 6.20. The summed E-state index contributed by atoms with van der Waals surface area (Å²) in [6.45, 7) is 7.74. The van der Waals surface area contributed by atoms with Crippen molar-refractivity contribution >= 4 is 28.4 Å². The Hall–Kier alpha value is -3.52. The van der Waals surface area contributed by atoms with Crippen LogP contribution in [0.5, 0.6) is 11.5 Å². The van der Waals surface area contributed by atoms with Crippen molar-refractivity contribution in [2.45, 2.75) is 46.6 Å². The molecule has 0 radical (unpaired) electrons. The van der Waals surface area contributed by atoms with Gasteiger partial charge in [-0.15, -0.1) is 0 Å². The largest absolute Gasteiger partial charge is 0.493 e. The molecule has 0 atom stereocenters. The van der Waals surface area contributed by atoms with Crippen molar-refractivity contribution in [2.75, 3.05) is 13.7 Å². The first kappa shape index (κ1) is 26.1. The lowest BCUT2D eigenvalue weighted by atomic mass is 10.1. The number of benzene rings is 2. The van der Waals surface area contributed by atoms with E-state index in [9.17, 15) is 4.79 Å². The number of hydrogen-bond donors (Lipinski definition) is 2. The number of aromatic amines is 1. The van der Waals surface area contributed by atoms with Crippen LogP contribution in [0.2, 0.25) is 5.02 Å². The van der Waals surface area contributed by atoms with Gasteiger partial charge in [0.15, 0.2) is 23.9 Å². The first-order valence-corrected chi connectivity index (χ1v) is 11.8. The summed E-state index contributed by atoms with van der Waals surface area (Å²) in [6.07, 6.45) is 3.92. The van der Waals surface area contributed by atoms with Crippen LogP contribution in [0.4, 0.5) is 0 Å². The molecule has 0 spiro atoms. The number of carbonyl (C=O) groups is 1. The second kappa shape index (κ2) is 12.3. The van der Waals surface area contributed by atoms with Crippen molar-refractivity contribution in [3.05, 3.63) is 58.9 Å². The number of aromatic nitrogens is 3. The molecule has 186 valence electrons. The third-order valence-electron chi connectivity index (χ3n) is 5.04. The molecule has 0 aliphatic carbocycles. The van der Waals surface area contributed by atoms with Crippen LogP contribution in [0, 0.1) is 6.92 Å². The van der Waals surface area contributed by atoms with Crippen LogP contribution < -0.4 is 14.8 Å². The van der Waals surface area contributed by atoms with E-state index in [4.69, 9.17) is 25.6 Å². The molecule has 9 heteroatoms. The van der Waals surface area contributed by atoms with E-state index in [0.29, 0.717) is 17.3 Å². The lowest BCUT2D eigenvalue weighted by Gasteiger charge is -2.12. The van der Waals surface area contributed by atoms with Crippen molar-refractivity contribution in [2.24, 2.45) is 0 Å². The number of ether oxygens (including phenoxy) is 2. The molecular formula is C26H31ClN4O4. The van der Waals surface area contributed by atoms with Crippen LogP contribution in [0.1, 0.15) is 38.4 Å². The summed E-state index contributed by atoms with van der Waals surface area (Å²) in [5.41, 5.74) is 3.85. The molecule has 0 fully saturated rings. The van der Waals surface area contributed by atoms with Crippen molar-refractivity contribution in [3.8, 4) is 22.8 Å². The summed E-state index contributed by atoms with van der Waals surface area (Å²) in [4.78, 5) is 11.6. The number of halogens is 1. The molecule has 0 saturated heterocycles. The number of methoxy groups -OCH3 is 1. The van der Waals surface area contributed by atoms with Crippen molar-refractivity contribution in [3.63, 3.8) is 0 Å². The zero-order valence-corrected chi connectivity index (χ0v) is 21.4. The normalized spacial score (nSPS) is 10.7. The van der Waals surface area contributed by atoms with Crippen LogP contribution >= 0.6 is 11.6 Å². The molecule has 4 aromatic rings. The molecule has 1 amide bonds. The molecule has 8 nitrogen and oxygen atoms in total. The van der Waals surface area contributed by atoms with Gasteiger partial charge >= 0.3 is 0 Å². The molecule has 4 rings (SSSR count). The fourth-order valence-corrected chi connectivity index (χ4v) is 3.75. The van der Waals surface area contributed by atoms with Crippen molar-refractivity contribution in [1.29, 1.82) is 0 Å². The second-order valence-corrected chi connectivity index (χ2v) is 8.71. The lowest BCUT2D eigenvalue weighted by Crippen LogP contribution is -2.34. The quantitative estimate of drug-likeness (QED) is 0.321. The van der Waals surface area contributed by atoms with E-state index in [2.05, 4.69) is 33.7 Å². The third-order valence-corrected chi connectivity index (χ3v) is 5.49. The predicted molar refractivity (Wildman–Crippen MR) is 137 cm³/mol. The van der Waals surface area contributed by atoms with Gasteiger partial charge < -0.3 is 19.3 Å². The Morgan fingerprint density at radius 3 is 2.66 bits per heavy atom. The number of hydrogen-bond acceptors (Lipinski definition) is 6. The van der Waals surface area contributed by atoms with Gasteiger partial charge in [-0.2, -0.15) is 5.10 Å². The Morgan fingerprint density at radius 1 is 1.20 bits per heavy atom. The molecule has 0 saturated carbocycles. The van der Waals surface area contributed by atoms with E-state index in [-0.39, 0.29) is 18.6 Å².